The maximum absolute atomic E-state index is 12.4. The normalized spacial score (nSPS) is 10.3. The van der Waals surface area contributed by atoms with E-state index in [0.717, 1.165) is 0 Å². The van der Waals surface area contributed by atoms with Gasteiger partial charge in [-0.15, -0.1) is 0 Å². The predicted octanol–water partition coefficient (Wildman–Crippen LogP) is 3.53. The summed E-state index contributed by atoms with van der Waals surface area (Å²) in [5, 5.41) is 4.42. The van der Waals surface area contributed by atoms with Crippen LogP contribution in [0, 0.1) is 0 Å². The van der Waals surface area contributed by atoms with Gasteiger partial charge in [-0.05, 0) is 24.3 Å². The van der Waals surface area contributed by atoms with E-state index in [1.54, 1.807) is 48.5 Å². The van der Waals surface area contributed by atoms with Crippen LogP contribution in [-0.4, -0.2) is 28.8 Å². The molecular weight excluding hydrogens is 344 g/mol. The summed E-state index contributed by atoms with van der Waals surface area (Å²) in [6.45, 7) is 0. The number of esters is 2. The molecule has 0 saturated carbocycles. The van der Waals surface area contributed by atoms with Gasteiger partial charge in [0.2, 0.25) is 5.88 Å². The van der Waals surface area contributed by atoms with Crippen LogP contribution in [0.5, 0.6) is 5.88 Å². The number of rotatable bonds is 4. The lowest BCUT2D eigenvalue weighted by Crippen LogP contribution is -2.12. The maximum atomic E-state index is 12.4. The topological polar surface area (TPSA) is 70.4 Å². The highest BCUT2D eigenvalue weighted by Crippen LogP contribution is 2.23. The Kier molecular flexibility index (Phi) is 4.81. The van der Waals surface area contributed by atoms with Crippen LogP contribution < -0.4 is 4.74 Å². The molecular formula is C18H13ClN2O4. The smallest absolute Gasteiger partial charge is 0.358 e. The number of nitrogens with zero attached hydrogens (tertiary/aromatic N) is 2. The van der Waals surface area contributed by atoms with Crippen LogP contribution in [0.25, 0.3) is 5.69 Å². The number of hydrogen-bond donors (Lipinski definition) is 0. The minimum Gasteiger partial charge on any atom is -0.464 e. The highest BCUT2D eigenvalue weighted by molar-refractivity contribution is 6.33. The molecule has 126 valence electrons. The fraction of sp³-hybridized carbons (Fsp3) is 0.0556. The molecule has 1 aromatic heterocycles. The molecule has 0 spiro atoms. The highest BCUT2D eigenvalue weighted by atomic mass is 35.5. The lowest BCUT2D eigenvalue weighted by Gasteiger charge is -2.08. The van der Waals surface area contributed by atoms with Gasteiger partial charge in [-0.25, -0.2) is 9.59 Å². The zero-order valence-corrected chi connectivity index (χ0v) is 13.9. The molecule has 2 aromatic carbocycles. The van der Waals surface area contributed by atoms with Crippen molar-refractivity contribution in [3.05, 3.63) is 76.9 Å². The summed E-state index contributed by atoms with van der Waals surface area (Å²) in [6, 6.07) is 16.8. The Labute approximate surface area is 148 Å². The number of aromatic nitrogens is 2. The largest absolute Gasteiger partial charge is 0.464 e. The van der Waals surface area contributed by atoms with E-state index in [1.807, 2.05) is 6.07 Å². The highest BCUT2D eigenvalue weighted by Gasteiger charge is 2.20. The summed E-state index contributed by atoms with van der Waals surface area (Å²) in [7, 11) is 1.25. The molecule has 0 bridgehead atoms. The summed E-state index contributed by atoms with van der Waals surface area (Å²) in [6.07, 6.45) is 0. The molecule has 0 aliphatic heterocycles. The molecule has 0 saturated heterocycles. The van der Waals surface area contributed by atoms with Gasteiger partial charge in [-0.1, -0.05) is 41.9 Å². The van der Waals surface area contributed by atoms with Crippen molar-refractivity contribution in [1.29, 1.82) is 0 Å². The van der Waals surface area contributed by atoms with Crippen LogP contribution in [0.4, 0.5) is 0 Å². The molecule has 0 N–H and O–H groups in total. The Bertz CT molecular complexity index is 922. The van der Waals surface area contributed by atoms with Crippen LogP contribution in [-0.2, 0) is 4.74 Å². The van der Waals surface area contributed by atoms with E-state index in [1.165, 1.54) is 17.9 Å². The Balaban J connectivity index is 2.00. The van der Waals surface area contributed by atoms with Crippen molar-refractivity contribution in [2.45, 2.75) is 0 Å². The first-order valence-corrected chi connectivity index (χ1v) is 7.68. The van der Waals surface area contributed by atoms with Gasteiger partial charge < -0.3 is 9.47 Å². The number of carbonyl (C=O) groups excluding carboxylic acids is 2. The van der Waals surface area contributed by atoms with Crippen LogP contribution in [0.2, 0.25) is 5.02 Å². The van der Waals surface area contributed by atoms with Crippen molar-refractivity contribution in [2.24, 2.45) is 0 Å². The molecule has 25 heavy (non-hydrogen) atoms. The average molecular weight is 357 g/mol. The second-order valence-electron chi connectivity index (χ2n) is 4.98. The van der Waals surface area contributed by atoms with Crippen molar-refractivity contribution in [3.8, 4) is 11.6 Å². The van der Waals surface area contributed by atoms with Gasteiger partial charge >= 0.3 is 11.9 Å². The van der Waals surface area contributed by atoms with Crippen LogP contribution >= 0.6 is 11.6 Å². The van der Waals surface area contributed by atoms with Crippen molar-refractivity contribution < 1.29 is 19.1 Å². The third kappa shape index (κ3) is 3.54. The van der Waals surface area contributed by atoms with Crippen molar-refractivity contribution in [1.82, 2.24) is 9.78 Å². The van der Waals surface area contributed by atoms with Gasteiger partial charge in [0.1, 0.15) is 0 Å². The number of benzene rings is 2. The molecule has 0 fully saturated rings. The minimum absolute atomic E-state index is 0.0216. The van der Waals surface area contributed by atoms with Gasteiger partial charge in [0.15, 0.2) is 5.69 Å². The van der Waals surface area contributed by atoms with Gasteiger partial charge in [0, 0.05) is 6.07 Å². The summed E-state index contributed by atoms with van der Waals surface area (Å²) >= 11 is 6.02. The Morgan fingerprint density at radius 2 is 1.68 bits per heavy atom. The number of halogens is 1. The second-order valence-corrected chi connectivity index (χ2v) is 5.38. The number of methoxy groups -OCH3 is 1. The monoisotopic (exact) mass is 356 g/mol. The quantitative estimate of drug-likeness (QED) is 0.669. The van der Waals surface area contributed by atoms with Crippen LogP contribution in [0.3, 0.4) is 0 Å². The van der Waals surface area contributed by atoms with Crippen molar-refractivity contribution in [2.75, 3.05) is 7.11 Å². The number of hydrogen-bond acceptors (Lipinski definition) is 5. The summed E-state index contributed by atoms with van der Waals surface area (Å²) in [4.78, 5) is 24.2. The lowest BCUT2D eigenvalue weighted by atomic mass is 10.2. The number of para-hydroxylation sites is 1. The molecule has 6 nitrogen and oxygen atoms in total. The first kappa shape index (κ1) is 16.7. The minimum atomic E-state index is -0.654. The lowest BCUT2D eigenvalue weighted by molar-refractivity contribution is 0.0592. The number of ether oxygens (including phenoxy) is 2. The van der Waals surface area contributed by atoms with Crippen molar-refractivity contribution in [3.63, 3.8) is 0 Å². The van der Waals surface area contributed by atoms with Gasteiger partial charge in [-0.2, -0.15) is 9.78 Å². The van der Waals surface area contributed by atoms with E-state index < -0.39 is 11.9 Å². The summed E-state index contributed by atoms with van der Waals surface area (Å²) in [5.74, 6) is -1.21. The molecule has 1 heterocycles. The van der Waals surface area contributed by atoms with Crippen molar-refractivity contribution >= 4 is 23.5 Å². The molecule has 7 heteroatoms. The molecule has 3 rings (SSSR count). The van der Waals surface area contributed by atoms with E-state index >= 15 is 0 Å². The Morgan fingerprint density at radius 3 is 2.36 bits per heavy atom. The van der Waals surface area contributed by atoms with Gasteiger partial charge in [-0.3, -0.25) is 0 Å². The molecule has 0 amide bonds. The summed E-state index contributed by atoms with van der Waals surface area (Å²) < 4.78 is 11.4. The van der Waals surface area contributed by atoms with E-state index in [0.29, 0.717) is 5.69 Å². The van der Waals surface area contributed by atoms with E-state index in [9.17, 15) is 9.59 Å². The number of carbonyl (C=O) groups is 2. The average Bonchev–Trinajstić information content (AvgIpc) is 3.06. The first-order chi connectivity index (χ1) is 12.1. The van der Waals surface area contributed by atoms with E-state index in [-0.39, 0.29) is 22.2 Å². The zero-order valence-electron chi connectivity index (χ0n) is 13.2. The fourth-order valence-corrected chi connectivity index (χ4v) is 2.38. The zero-order chi connectivity index (χ0) is 17.8. The van der Waals surface area contributed by atoms with Crippen LogP contribution in [0.1, 0.15) is 20.8 Å². The van der Waals surface area contributed by atoms with E-state index in [4.69, 9.17) is 16.3 Å². The SMILES string of the molecule is COC(=O)c1cc(OC(=O)c2ccccc2Cl)n(-c2ccccc2)n1. The molecule has 0 radical (unpaired) electrons. The second kappa shape index (κ2) is 7.19. The third-order valence-electron chi connectivity index (χ3n) is 3.36. The molecule has 0 atom stereocenters. The Hall–Kier alpha value is -3.12. The first-order valence-electron chi connectivity index (χ1n) is 7.30. The molecule has 0 unspecified atom stereocenters. The fourth-order valence-electron chi connectivity index (χ4n) is 2.17. The van der Waals surface area contributed by atoms with E-state index in [2.05, 4.69) is 9.84 Å². The maximum Gasteiger partial charge on any atom is 0.358 e. The summed E-state index contributed by atoms with van der Waals surface area (Å²) in [5.41, 5.74) is 0.859. The molecule has 0 aliphatic rings. The molecule has 3 aromatic rings. The predicted molar refractivity (Wildman–Crippen MR) is 91.3 cm³/mol. The Morgan fingerprint density at radius 1 is 1.00 bits per heavy atom. The van der Waals surface area contributed by atoms with Crippen LogP contribution in [0.15, 0.2) is 60.7 Å². The van der Waals surface area contributed by atoms with Gasteiger partial charge in [0.25, 0.3) is 0 Å². The standard InChI is InChI=1S/C18H13ClN2O4/c1-24-18(23)15-11-16(21(20-15)12-7-3-2-4-8-12)25-17(22)13-9-5-6-10-14(13)19/h2-11H,1H3. The third-order valence-corrected chi connectivity index (χ3v) is 3.69. The van der Waals surface area contributed by atoms with Gasteiger partial charge in [0.05, 0.1) is 23.4 Å². The molecule has 0 aliphatic carbocycles.